The van der Waals surface area contributed by atoms with Crippen molar-refractivity contribution in [2.45, 2.75) is 0 Å². The van der Waals surface area contributed by atoms with Gasteiger partial charge in [-0.05, 0) is 18.2 Å². The minimum absolute atomic E-state index is 0.105. The molecule has 2 aromatic heterocycles. The van der Waals surface area contributed by atoms with Crippen LogP contribution in [0.3, 0.4) is 0 Å². The molecule has 2 heterocycles. The molecule has 0 saturated heterocycles. The second-order valence-corrected chi connectivity index (χ2v) is 3.73. The van der Waals surface area contributed by atoms with Crippen LogP contribution in [0.1, 0.15) is 0 Å². The average molecular weight is 226 g/mol. The molecule has 0 radical (unpaired) electrons. The fourth-order valence-electron chi connectivity index (χ4n) is 1.81. The summed E-state index contributed by atoms with van der Waals surface area (Å²) in [4.78, 5) is 11.5. The highest BCUT2D eigenvalue weighted by Crippen LogP contribution is 2.32. The summed E-state index contributed by atoms with van der Waals surface area (Å²) in [6.07, 6.45) is 3.27. The zero-order valence-electron chi connectivity index (χ0n) is 8.88. The van der Waals surface area contributed by atoms with Crippen LogP contribution in [0.25, 0.3) is 22.3 Å². The Bertz CT molecular complexity index is 690. The van der Waals surface area contributed by atoms with Crippen LogP contribution >= 0.6 is 0 Å². The van der Waals surface area contributed by atoms with Gasteiger partial charge in [-0.2, -0.15) is 0 Å². The van der Waals surface area contributed by atoms with E-state index < -0.39 is 0 Å². The van der Waals surface area contributed by atoms with Gasteiger partial charge in [-0.1, -0.05) is 0 Å². The Morgan fingerprint density at radius 1 is 1.18 bits per heavy atom. The van der Waals surface area contributed by atoms with Crippen molar-refractivity contribution in [1.82, 2.24) is 15.0 Å². The SMILES string of the molecule is Nc1ccc(-c2nccc3[nH]cnc23)c(O)c1. The van der Waals surface area contributed by atoms with Crippen LogP contribution in [-0.2, 0) is 0 Å². The third-order valence-electron chi connectivity index (χ3n) is 2.61. The van der Waals surface area contributed by atoms with Crippen molar-refractivity contribution in [2.75, 3.05) is 5.73 Å². The number of pyridine rings is 1. The first-order chi connectivity index (χ1) is 8.25. The van der Waals surface area contributed by atoms with E-state index >= 15 is 0 Å². The molecule has 84 valence electrons. The van der Waals surface area contributed by atoms with Gasteiger partial charge in [-0.15, -0.1) is 0 Å². The van der Waals surface area contributed by atoms with Crippen LogP contribution in [0.4, 0.5) is 5.69 Å². The van der Waals surface area contributed by atoms with Gasteiger partial charge in [0.2, 0.25) is 0 Å². The average Bonchev–Trinajstić information content (AvgIpc) is 2.77. The number of hydrogen-bond acceptors (Lipinski definition) is 4. The molecule has 0 unspecified atom stereocenters. The highest BCUT2D eigenvalue weighted by Gasteiger charge is 2.11. The molecular formula is C12H10N4O. The van der Waals surface area contributed by atoms with Crippen molar-refractivity contribution in [1.29, 1.82) is 0 Å². The quantitative estimate of drug-likeness (QED) is 0.553. The van der Waals surface area contributed by atoms with Gasteiger partial charge in [0, 0.05) is 23.5 Å². The number of nitrogens with two attached hydrogens (primary N) is 1. The molecule has 0 spiro atoms. The molecule has 0 atom stereocenters. The fraction of sp³-hybridized carbons (Fsp3) is 0. The number of H-pyrrole nitrogens is 1. The van der Waals surface area contributed by atoms with E-state index in [1.165, 1.54) is 6.07 Å². The number of nitrogen functional groups attached to an aromatic ring is 1. The Morgan fingerprint density at radius 2 is 2.06 bits per heavy atom. The van der Waals surface area contributed by atoms with Crippen LogP contribution in [0.2, 0.25) is 0 Å². The lowest BCUT2D eigenvalue weighted by atomic mass is 10.1. The van der Waals surface area contributed by atoms with Gasteiger partial charge in [0.25, 0.3) is 0 Å². The minimum Gasteiger partial charge on any atom is -0.507 e. The molecule has 0 aliphatic heterocycles. The molecule has 5 heteroatoms. The van der Waals surface area contributed by atoms with E-state index in [0.717, 1.165) is 11.0 Å². The van der Waals surface area contributed by atoms with Gasteiger partial charge in [0.1, 0.15) is 17.0 Å². The fourth-order valence-corrected chi connectivity index (χ4v) is 1.81. The van der Waals surface area contributed by atoms with Crippen molar-refractivity contribution < 1.29 is 5.11 Å². The van der Waals surface area contributed by atoms with Crippen molar-refractivity contribution in [3.63, 3.8) is 0 Å². The number of phenols is 1. The van der Waals surface area contributed by atoms with E-state index in [0.29, 0.717) is 16.9 Å². The van der Waals surface area contributed by atoms with E-state index in [1.807, 2.05) is 6.07 Å². The number of aromatic hydroxyl groups is 1. The monoisotopic (exact) mass is 226 g/mol. The molecule has 0 fully saturated rings. The van der Waals surface area contributed by atoms with Gasteiger partial charge in [0.15, 0.2) is 0 Å². The lowest BCUT2D eigenvalue weighted by Crippen LogP contribution is -1.89. The second kappa shape index (κ2) is 3.48. The van der Waals surface area contributed by atoms with Crippen LogP contribution in [0.5, 0.6) is 5.75 Å². The zero-order valence-corrected chi connectivity index (χ0v) is 8.88. The Labute approximate surface area is 97.0 Å². The van der Waals surface area contributed by atoms with Gasteiger partial charge in [-0.25, -0.2) is 4.98 Å². The lowest BCUT2D eigenvalue weighted by molar-refractivity contribution is 0.477. The molecule has 1 aromatic carbocycles. The summed E-state index contributed by atoms with van der Waals surface area (Å²) in [5.41, 5.74) is 8.98. The number of nitrogens with one attached hydrogen (secondary N) is 1. The number of nitrogens with zero attached hydrogens (tertiary/aromatic N) is 2. The van der Waals surface area contributed by atoms with E-state index in [2.05, 4.69) is 15.0 Å². The number of fused-ring (bicyclic) bond motifs is 1. The van der Waals surface area contributed by atoms with Gasteiger partial charge in [-0.3, -0.25) is 4.98 Å². The Morgan fingerprint density at radius 3 is 2.88 bits per heavy atom. The summed E-state index contributed by atoms with van der Waals surface area (Å²) in [5.74, 6) is 0.105. The predicted octanol–water partition coefficient (Wildman–Crippen LogP) is 1.91. The molecule has 17 heavy (non-hydrogen) atoms. The number of anilines is 1. The first-order valence-corrected chi connectivity index (χ1v) is 5.12. The molecule has 0 aliphatic carbocycles. The normalized spacial score (nSPS) is 10.8. The second-order valence-electron chi connectivity index (χ2n) is 3.73. The van der Waals surface area contributed by atoms with Crippen molar-refractivity contribution in [2.24, 2.45) is 0 Å². The summed E-state index contributed by atoms with van der Waals surface area (Å²) >= 11 is 0. The minimum atomic E-state index is 0.105. The largest absolute Gasteiger partial charge is 0.507 e. The Balaban J connectivity index is 2.30. The van der Waals surface area contributed by atoms with Gasteiger partial charge in [0.05, 0.1) is 11.8 Å². The van der Waals surface area contributed by atoms with Crippen LogP contribution in [-0.4, -0.2) is 20.1 Å². The number of rotatable bonds is 1. The first kappa shape index (κ1) is 9.65. The van der Waals surface area contributed by atoms with E-state index in [4.69, 9.17) is 5.73 Å². The third kappa shape index (κ3) is 1.48. The summed E-state index contributed by atoms with van der Waals surface area (Å²) < 4.78 is 0. The van der Waals surface area contributed by atoms with Crippen molar-refractivity contribution in [3.05, 3.63) is 36.8 Å². The molecule has 3 rings (SSSR count). The molecule has 0 aliphatic rings. The standard InChI is InChI=1S/C12H10N4O/c13-7-1-2-8(10(17)5-7)11-12-9(3-4-14-11)15-6-16-12/h1-6,17H,13H2,(H,15,16). The van der Waals surface area contributed by atoms with Crippen LogP contribution in [0.15, 0.2) is 36.8 Å². The maximum Gasteiger partial charge on any atom is 0.127 e. The number of benzene rings is 1. The molecule has 0 bridgehead atoms. The molecule has 3 aromatic rings. The van der Waals surface area contributed by atoms with E-state index in [1.54, 1.807) is 24.7 Å². The number of aromatic amines is 1. The molecule has 0 saturated carbocycles. The van der Waals surface area contributed by atoms with E-state index in [-0.39, 0.29) is 5.75 Å². The number of hydrogen-bond donors (Lipinski definition) is 3. The van der Waals surface area contributed by atoms with Crippen molar-refractivity contribution >= 4 is 16.7 Å². The Kier molecular flexibility index (Phi) is 1.98. The van der Waals surface area contributed by atoms with Crippen LogP contribution < -0.4 is 5.73 Å². The first-order valence-electron chi connectivity index (χ1n) is 5.12. The summed E-state index contributed by atoms with van der Waals surface area (Å²) in [7, 11) is 0. The molecular weight excluding hydrogens is 216 g/mol. The number of phenolic OH excluding ortho intramolecular Hbond substituents is 1. The third-order valence-corrected chi connectivity index (χ3v) is 2.61. The summed E-state index contributed by atoms with van der Waals surface area (Å²) in [6, 6.07) is 6.80. The molecule has 4 N–H and O–H groups in total. The number of imidazole rings is 1. The maximum atomic E-state index is 9.88. The highest BCUT2D eigenvalue weighted by atomic mass is 16.3. The summed E-state index contributed by atoms with van der Waals surface area (Å²) in [6.45, 7) is 0. The predicted molar refractivity (Wildman–Crippen MR) is 65.4 cm³/mol. The van der Waals surface area contributed by atoms with Crippen LogP contribution in [0, 0.1) is 0 Å². The maximum absolute atomic E-state index is 9.88. The smallest absolute Gasteiger partial charge is 0.127 e. The number of aromatic nitrogens is 3. The zero-order chi connectivity index (χ0) is 11.8. The summed E-state index contributed by atoms with van der Waals surface area (Å²) in [5, 5.41) is 9.88. The van der Waals surface area contributed by atoms with Gasteiger partial charge >= 0.3 is 0 Å². The lowest BCUT2D eigenvalue weighted by Gasteiger charge is -2.05. The topological polar surface area (TPSA) is 87.8 Å². The molecule has 5 nitrogen and oxygen atoms in total. The highest BCUT2D eigenvalue weighted by molar-refractivity contribution is 5.91. The molecule has 0 amide bonds. The van der Waals surface area contributed by atoms with E-state index in [9.17, 15) is 5.11 Å². The van der Waals surface area contributed by atoms with Gasteiger partial charge < -0.3 is 15.8 Å². The van der Waals surface area contributed by atoms with Crippen molar-refractivity contribution in [3.8, 4) is 17.0 Å². The Hall–Kier alpha value is -2.56.